The van der Waals surface area contributed by atoms with E-state index in [0.717, 1.165) is 9.75 Å². The molecule has 0 bridgehead atoms. The maximum Gasteiger partial charge on any atom is 0.339 e. The molecule has 5 heteroatoms. The van der Waals surface area contributed by atoms with Gasteiger partial charge >= 0.3 is 5.97 Å². The highest BCUT2D eigenvalue weighted by Crippen LogP contribution is 2.22. The molecule has 0 fully saturated rings. The fraction of sp³-hybridized carbons (Fsp3) is 0.294. The molecule has 0 saturated heterocycles. The van der Waals surface area contributed by atoms with Crippen molar-refractivity contribution in [2.24, 2.45) is 0 Å². The lowest BCUT2D eigenvalue weighted by molar-refractivity contribution is 0.0318. The van der Waals surface area contributed by atoms with E-state index >= 15 is 0 Å². The maximum absolute atomic E-state index is 12.3. The zero-order valence-corrected chi connectivity index (χ0v) is 13.8. The van der Waals surface area contributed by atoms with E-state index in [1.165, 1.54) is 11.3 Å². The van der Waals surface area contributed by atoms with E-state index in [9.17, 15) is 9.59 Å². The number of carbonyl (C=O) groups excluding carboxylic acids is 2. The number of esters is 1. The Morgan fingerprint density at radius 2 is 1.77 bits per heavy atom. The van der Waals surface area contributed by atoms with Gasteiger partial charge in [-0.3, -0.25) is 4.79 Å². The van der Waals surface area contributed by atoms with E-state index in [-0.39, 0.29) is 5.78 Å². The van der Waals surface area contributed by atoms with E-state index in [2.05, 4.69) is 0 Å². The van der Waals surface area contributed by atoms with Gasteiger partial charge in [-0.25, -0.2) is 4.79 Å². The Balaban J connectivity index is 2.07. The monoisotopic (exact) mass is 318 g/mol. The Kier molecular flexibility index (Phi) is 4.98. The van der Waals surface area contributed by atoms with Gasteiger partial charge in [0.1, 0.15) is 5.75 Å². The van der Waals surface area contributed by atoms with E-state index in [4.69, 9.17) is 9.47 Å². The summed E-state index contributed by atoms with van der Waals surface area (Å²) in [7, 11) is 1.56. The van der Waals surface area contributed by atoms with Crippen molar-refractivity contribution in [3.63, 3.8) is 0 Å². The number of aryl methyl sites for hydroxylation is 2. The highest BCUT2D eigenvalue weighted by atomic mass is 32.1. The molecule has 4 nitrogen and oxygen atoms in total. The molecule has 0 radical (unpaired) electrons. The van der Waals surface area contributed by atoms with Crippen molar-refractivity contribution in [3.8, 4) is 5.75 Å². The number of hydrogen-bond acceptors (Lipinski definition) is 5. The van der Waals surface area contributed by atoms with Crippen molar-refractivity contribution >= 4 is 23.1 Å². The average Bonchev–Trinajstić information content (AvgIpc) is 2.85. The number of thiophene rings is 1. The van der Waals surface area contributed by atoms with Crippen LogP contribution in [0.1, 0.15) is 37.4 Å². The molecule has 0 unspecified atom stereocenters. The number of carbonyl (C=O) groups is 2. The molecule has 0 aliphatic carbocycles. The molecular formula is C17H18O4S. The van der Waals surface area contributed by atoms with Gasteiger partial charge in [0.2, 0.25) is 5.78 Å². The smallest absolute Gasteiger partial charge is 0.339 e. The highest BCUT2D eigenvalue weighted by Gasteiger charge is 2.22. The molecule has 1 atom stereocenters. The minimum atomic E-state index is -0.833. The Morgan fingerprint density at radius 1 is 1.14 bits per heavy atom. The van der Waals surface area contributed by atoms with Crippen LogP contribution in [-0.2, 0) is 4.74 Å². The Labute approximate surface area is 133 Å². The first kappa shape index (κ1) is 16.2. The van der Waals surface area contributed by atoms with Crippen LogP contribution in [0.2, 0.25) is 0 Å². The number of ether oxygens (including phenoxy) is 2. The van der Waals surface area contributed by atoms with Gasteiger partial charge in [-0.15, -0.1) is 11.3 Å². The third-order valence-corrected chi connectivity index (χ3v) is 4.25. The summed E-state index contributed by atoms with van der Waals surface area (Å²) in [5, 5.41) is 0. The number of ketones is 1. The van der Waals surface area contributed by atoms with Crippen LogP contribution < -0.4 is 4.74 Å². The summed E-state index contributed by atoms with van der Waals surface area (Å²) in [4.78, 5) is 26.4. The molecule has 1 heterocycles. The van der Waals surface area contributed by atoms with E-state index < -0.39 is 12.1 Å². The summed E-state index contributed by atoms with van der Waals surface area (Å²) in [5.74, 6) is -0.0256. The van der Waals surface area contributed by atoms with Gasteiger partial charge in [0.05, 0.1) is 12.7 Å². The van der Waals surface area contributed by atoms with Gasteiger partial charge in [-0.2, -0.15) is 0 Å². The van der Waals surface area contributed by atoms with Crippen LogP contribution in [0.3, 0.4) is 0 Å². The second-order valence-electron chi connectivity index (χ2n) is 4.97. The zero-order chi connectivity index (χ0) is 16.3. The Hall–Kier alpha value is -2.14. The largest absolute Gasteiger partial charge is 0.497 e. The van der Waals surface area contributed by atoms with Gasteiger partial charge in [0.25, 0.3) is 0 Å². The SMILES string of the molecule is COc1ccc(C(=O)[C@H](C)OC(=O)c2cc(C)sc2C)cc1. The molecule has 0 spiro atoms. The summed E-state index contributed by atoms with van der Waals surface area (Å²) in [6.45, 7) is 5.38. The first-order chi connectivity index (χ1) is 10.4. The molecule has 1 aromatic carbocycles. The first-order valence-corrected chi connectivity index (χ1v) is 7.70. The third kappa shape index (κ3) is 3.54. The molecule has 22 heavy (non-hydrogen) atoms. The maximum atomic E-state index is 12.3. The molecule has 0 amide bonds. The normalized spacial score (nSPS) is 11.8. The number of methoxy groups -OCH3 is 1. The lowest BCUT2D eigenvalue weighted by Crippen LogP contribution is -2.24. The first-order valence-electron chi connectivity index (χ1n) is 6.88. The third-order valence-electron chi connectivity index (χ3n) is 3.29. The molecule has 1 aromatic heterocycles. The van der Waals surface area contributed by atoms with Gasteiger partial charge in [0.15, 0.2) is 6.10 Å². The highest BCUT2D eigenvalue weighted by molar-refractivity contribution is 7.12. The second-order valence-corrected chi connectivity index (χ2v) is 6.43. The lowest BCUT2D eigenvalue weighted by Gasteiger charge is -2.12. The van der Waals surface area contributed by atoms with Crippen LogP contribution in [-0.4, -0.2) is 25.0 Å². The fourth-order valence-electron chi connectivity index (χ4n) is 2.10. The number of hydrogen-bond donors (Lipinski definition) is 0. The summed E-state index contributed by atoms with van der Waals surface area (Å²) in [5.41, 5.74) is 1.01. The van der Waals surface area contributed by atoms with Crippen molar-refractivity contribution in [3.05, 3.63) is 51.2 Å². The number of rotatable bonds is 5. The fourth-order valence-corrected chi connectivity index (χ4v) is 3.01. The van der Waals surface area contributed by atoms with Crippen molar-refractivity contribution in [2.45, 2.75) is 26.9 Å². The molecule has 0 aliphatic heterocycles. The summed E-state index contributed by atoms with van der Waals surface area (Å²) < 4.78 is 10.3. The van der Waals surface area contributed by atoms with Crippen molar-refractivity contribution in [1.82, 2.24) is 0 Å². The summed E-state index contributed by atoms with van der Waals surface area (Å²) in [6.07, 6.45) is -0.833. The predicted molar refractivity (Wildman–Crippen MR) is 86.0 cm³/mol. The Bertz CT molecular complexity index is 685. The Morgan fingerprint density at radius 3 is 2.27 bits per heavy atom. The molecule has 2 rings (SSSR count). The number of benzene rings is 1. The molecule has 0 N–H and O–H groups in total. The van der Waals surface area contributed by atoms with Crippen LogP contribution in [0.4, 0.5) is 0 Å². The van der Waals surface area contributed by atoms with Gasteiger partial charge in [-0.1, -0.05) is 0 Å². The molecule has 2 aromatic rings. The van der Waals surface area contributed by atoms with Gasteiger partial charge in [0, 0.05) is 15.3 Å². The lowest BCUT2D eigenvalue weighted by atomic mass is 10.1. The quantitative estimate of drug-likeness (QED) is 0.621. The van der Waals surface area contributed by atoms with E-state index in [0.29, 0.717) is 16.9 Å². The molecule has 116 valence electrons. The van der Waals surface area contributed by atoms with Crippen LogP contribution in [0.15, 0.2) is 30.3 Å². The number of Topliss-reactive ketones (excluding diaryl/α,β-unsaturated/α-hetero) is 1. The average molecular weight is 318 g/mol. The van der Waals surface area contributed by atoms with Gasteiger partial charge in [-0.05, 0) is 51.1 Å². The zero-order valence-electron chi connectivity index (χ0n) is 13.0. The van der Waals surface area contributed by atoms with Crippen molar-refractivity contribution in [2.75, 3.05) is 7.11 Å². The molecule has 0 aliphatic rings. The van der Waals surface area contributed by atoms with Crippen LogP contribution in [0.25, 0.3) is 0 Å². The van der Waals surface area contributed by atoms with Gasteiger partial charge < -0.3 is 9.47 Å². The second kappa shape index (κ2) is 6.75. The van der Waals surface area contributed by atoms with E-state index in [1.54, 1.807) is 44.4 Å². The topological polar surface area (TPSA) is 52.6 Å². The van der Waals surface area contributed by atoms with Crippen molar-refractivity contribution < 1.29 is 19.1 Å². The van der Waals surface area contributed by atoms with Crippen LogP contribution in [0.5, 0.6) is 5.75 Å². The predicted octanol–water partition coefficient (Wildman–Crippen LogP) is 3.80. The van der Waals surface area contributed by atoms with Crippen molar-refractivity contribution in [1.29, 1.82) is 0 Å². The summed E-state index contributed by atoms with van der Waals surface area (Å²) >= 11 is 1.53. The molecule has 0 saturated carbocycles. The van der Waals surface area contributed by atoms with E-state index in [1.807, 2.05) is 13.8 Å². The molecular weight excluding hydrogens is 300 g/mol. The van der Waals surface area contributed by atoms with Crippen LogP contribution in [0, 0.1) is 13.8 Å². The summed E-state index contributed by atoms with van der Waals surface area (Å²) in [6, 6.07) is 8.51. The minimum Gasteiger partial charge on any atom is -0.497 e. The minimum absolute atomic E-state index is 0.236. The van der Waals surface area contributed by atoms with Crippen LogP contribution >= 0.6 is 11.3 Å². The standard InChI is InChI=1S/C17H18O4S/c1-10-9-15(12(3)22-10)17(19)21-11(2)16(18)13-5-7-14(20-4)8-6-13/h5-9,11H,1-4H3/t11-/m0/s1.